The minimum Gasteiger partial charge on any atom is -0.497 e. The van der Waals surface area contributed by atoms with Gasteiger partial charge >= 0.3 is 6.03 Å². The van der Waals surface area contributed by atoms with Gasteiger partial charge in [0.15, 0.2) is 0 Å². The van der Waals surface area contributed by atoms with Gasteiger partial charge in [-0.15, -0.1) is 0 Å². The second-order valence-corrected chi connectivity index (χ2v) is 14.4. The van der Waals surface area contributed by atoms with E-state index in [4.69, 9.17) is 19.3 Å². The van der Waals surface area contributed by atoms with E-state index >= 15 is 0 Å². The van der Waals surface area contributed by atoms with Gasteiger partial charge in [-0.25, -0.2) is 14.5 Å². The van der Waals surface area contributed by atoms with Crippen molar-refractivity contribution in [2.24, 2.45) is 0 Å². The molecule has 5 N–H and O–H groups in total. The Kier molecular flexibility index (Phi) is 11.7. The molecular weight excluding hydrogens is 711 g/mol. The Morgan fingerprint density at radius 3 is 2.48 bits per heavy atom. The smallest absolute Gasteiger partial charge is 0.324 e. The highest BCUT2D eigenvalue weighted by Crippen LogP contribution is 2.35. The average Bonchev–Trinajstić information content (AvgIpc) is 3.64. The average molecular weight is 758 g/mol. The Balaban J connectivity index is 1.03. The van der Waals surface area contributed by atoms with Crippen molar-refractivity contribution in [2.75, 3.05) is 62.5 Å². The van der Waals surface area contributed by atoms with E-state index in [0.29, 0.717) is 35.6 Å². The van der Waals surface area contributed by atoms with Crippen molar-refractivity contribution in [3.05, 3.63) is 115 Å². The van der Waals surface area contributed by atoms with Crippen LogP contribution in [0.4, 0.5) is 27.9 Å². The predicted molar refractivity (Wildman–Crippen MR) is 217 cm³/mol. The zero-order valence-electron chi connectivity index (χ0n) is 32.0. The summed E-state index contributed by atoms with van der Waals surface area (Å²) in [6.07, 6.45) is 0.787. The number of carbonyl (C=O) groups is 1. The molecule has 1 fully saturated rings. The van der Waals surface area contributed by atoms with Gasteiger partial charge in [0.05, 0.1) is 37.4 Å². The van der Waals surface area contributed by atoms with Crippen LogP contribution in [-0.2, 0) is 10.2 Å². The standard InChI is InChI=1S/C42H47N9O5/c1-42(2,3)36-27-37(51(49-36)30-12-14-31(54-4)15-13-30)47-41(53)46-34-16-17-35(33-11-6-5-10-32(33)34)56-38-18-19-44-40(48-38)45-29-9-7-8-28(26-29)39(52)43-20-21-50-22-24-55-25-23-50/h5-19,26-27,39,43,52H,20-25H2,1-4H3,(H,44,45,48)(H2,46,47,53). The lowest BCUT2D eigenvalue weighted by Gasteiger charge is -2.27. The Hall–Kier alpha value is -6.06. The molecule has 0 spiro atoms. The van der Waals surface area contributed by atoms with E-state index in [0.717, 1.165) is 72.0 Å². The molecule has 290 valence electrons. The van der Waals surface area contributed by atoms with Gasteiger partial charge in [0.2, 0.25) is 11.8 Å². The first-order valence-corrected chi connectivity index (χ1v) is 18.6. The molecule has 1 aliphatic heterocycles. The first kappa shape index (κ1) is 38.2. The molecule has 0 radical (unpaired) electrons. The number of anilines is 4. The lowest BCUT2D eigenvalue weighted by molar-refractivity contribution is 0.0356. The van der Waals surface area contributed by atoms with Gasteiger partial charge in [-0.3, -0.25) is 15.5 Å². The molecule has 4 aromatic carbocycles. The number of aliphatic hydroxyl groups is 1. The number of nitrogens with zero attached hydrogens (tertiary/aromatic N) is 5. The Morgan fingerprint density at radius 2 is 1.71 bits per heavy atom. The highest BCUT2D eigenvalue weighted by Gasteiger charge is 2.22. The SMILES string of the molecule is COc1ccc(-n2nc(C(C)(C)C)cc2NC(=O)Nc2ccc(Oc3ccnc(Nc4cccc(C(O)NCCN5CCOCC5)c4)n3)c3ccccc23)cc1. The van der Waals surface area contributed by atoms with Crippen LogP contribution in [0.5, 0.6) is 17.4 Å². The molecule has 2 amide bonds. The van der Waals surface area contributed by atoms with Gasteiger partial charge in [0.1, 0.15) is 23.5 Å². The molecular formula is C42H47N9O5. The van der Waals surface area contributed by atoms with Crippen molar-refractivity contribution in [2.45, 2.75) is 32.4 Å². The highest BCUT2D eigenvalue weighted by atomic mass is 16.5. The number of aliphatic hydroxyl groups excluding tert-OH is 1. The number of nitrogens with one attached hydrogen (secondary N) is 4. The van der Waals surface area contributed by atoms with Gasteiger partial charge in [-0.05, 0) is 54.1 Å². The molecule has 56 heavy (non-hydrogen) atoms. The maximum Gasteiger partial charge on any atom is 0.324 e. The van der Waals surface area contributed by atoms with Gasteiger partial charge in [0.25, 0.3) is 0 Å². The van der Waals surface area contributed by atoms with Crippen LogP contribution in [0, 0.1) is 0 Å². The summed E-state index contributed by atoms with van der Waals surface area (Å²) in [5, 5.41) is 29.6. The second kappa shape index (κ2) is 17.2. The van der Waals surface area contributed by atoms with E-state index in [1.165, 1.54) is 0 Å². The summed E-state index contributed by atoms with van der Waals surface area (Å²) in [5.74, 6) is 2.46. The molecule has 1 atom stereocenters. The number of morpholine rings is 1. The maximum atomic E-state index is 13.5. The summed E-state index contributed by atoms with van der Waals surface area (Å²) in [5.41, 5.74) is 3.40. The Labute approximate surface area is 325 Å². The largest absolute Gasteiger partial charge is 0.497 e. The number of carbonyl (C=O) groups excluding carboxylic acids is 1. The normalized spacial score (nSPS) is 13.9. The monoisotopic (exact) mass is 757 g/mol. The summed E-state index contributed by atoms with van der Waals surface area (Å²) in [4.78, 5) is 24.8. The number of methoxy groups -OCH3 is 1. The van der Waals surface area contributed by atoms with E-state index in [1.807, 2.05) is 78.9 Å². The Bertz CT molecular complexity index is 2270. The molecule has 14 nitrogen and oxygen atoms in total. The van der Waals surface area contributed by atoms with Crippen molar-refractivity contribution in [3.63, 3.8) is 0 Å². The number of hydrogen-bond donors (Lipinski definition) is 5. The topological polar surface area (TPSA) is 160 Å². The predicted octanol–water partition coefficient (Wildman–Crippen LogP) is 7.21. The maximum absolute atomic E-state index is 13.5. The third-order valence-corrected chi connectivity index (χ3v) is 9.34. The Morgan fingerprint density at radius 1 is 0.929 bits per heavy atom. The minimum absolute atomic E-state index is 0.243. The van der Waals surface area contributed by atoms with E-state index in [9.17, 15) is 9.90 Å². The highest BCUT2D eigenvalue weighted by molar-refractivity contribution is 6.07. The number of amides is 2. The summed E-state index contributed by atoms with van der Waals surface area (Å²) < 4.78 is 18.7. The van der Waals surface area contributed by atoms with Crippen LogP contribution in [0.2, 0.25) is 0 Å². The number of hydrogen-bond acceptors (Lipinski definition) is 11. The molecule has 3 heterocycles. The molecule has 14 heteroatoms. The fourth-order valence-electron chi connectivity index (χ4n) is 6.29. The number of urea groups is 1. The van der Waals surface area contributed by atoms with Gasteiger partial charge in [-0.1, -0.05) is 57.2 Å². The van der Waals surface area contributed by atoms with Crippen LogP contribution < -0.4 is 30.7 Å². The second-order valence-electron chi connectivity index (χ2n) is 14.4. The fraction of sp³-hybridized carbons (Fsp3) is 0.286. The molecule has 1 saturated heterocycles. The fourth-order valence-corrected chi connectivity index (χ4v) is 6.29. The third kappa shape index (κ3) is 9.41. The van der Waals surface area contributed by atoms with Crippen molar-refractivity contribution in [3.8, 4) is 23.1 Å². The zero-order chi connectivity index (χ0) is 39.1. The van der Waals surface area contributed by atoms with E-state index in [2.05, 4.69) is 56.9 Å². The van der Waals surface area contributed by atoms with E-state index in [-0.39, 0.29) is 5.41 Å². The van der Waals surface area contributed by atoms with E-state index < -0.39 is 12.3 Å². The van der Waals surface area contributed by atoms with Gasteiger partial charge in [0, 0.05) is 66.4 Å². The molecule has 0 saturated carbocycles. The van der Waals surface area contributed by atoms with Crippen LogP contribution in [0.1, 0.15) is 38.3 Å². The molecule has 1 aliphatic rings. The van der Waals surface area contributed by atoms with E-state index in [1.54, 1.807) is 36.2 Å². The van der Waals surface area contributed by atoms with Crippen LogP contribution in [0.15, 0.2) is 103 Å². The zero-order valence-corrected chi connectivity index (χ0v) is 32.0. The third-order valence-electron chi connectivity index (χ3n) is 9.34. The molecule has 7 rings (SSSR count). The van der Waals surface area contributed by atoms with Crippen molar-refractivity contribution < 1.29 is 24.1 Å². The lowest BCUT2D eigenvalue weighted by atomic mass is 9.92. The van der Waals surface area contributed by atoms with Crippen LogP contribution in [0.25, 0.3) is 16.5 Å². The number of benzene rings is 4. The molecule has 0 aliphatic carbocycles. The molecule has 6 aromatic rings. The quantitative estimate of drug-likeness (QED) is 0.0758. The number of ether oxygens (including phenoxy) is 3. The first-order chi connectivity index (χ1) is 27.1. The summed E-state index contributed by atoms with van der Waals surface area (Å²) in [7, 11) is 1.62. The first-order valence-electron chi connectivity index (χ1n) is 18.6. The number of rotatable bonds is 13. The van der Waals surface area contributed by atoms with Crippen LogP contribution in [0.3, 0.4) is 0 Å². The summed E-state index contributed by atoms with van der Waals surface area (Å²) >= 11 is 0. The van der Waals surface area contributed by atoms with Gasteiger partial charge in [-0.2, -0.15) is 10.1 Å². The lowest BCUT2D eigenvalue weighted by Crippen LogP contribution is -2.40. The van der Waals surface area contributed by atoms with Crippen LogP contribution in [-0.4, -0.2) is 82.3 Å². The number of fused-ring (bicyclic) bond motifs is 1. The molecule has 2 aromatic heterocycles. The minimum atomic E-state index is -0.825. The summed E-state index contributed by atoms with van der Waals surface area (Å²) in [6.45, 7) is 11.0. The van der Waals surface area contributed by atoms with Crippen molar-refractivity contribution in [1.82, 2.24) is 30.0 Å². The van der Waals surface area contributed by atoms with Crippen molar-refractivity contribution >= 4 is 39.9 Å². The number of aromatic nitrogens is 4. The molecule has 1 unspecified atom stereocenters. The van der Waals surface area contributed by atoms with Gasteiger partial charge < -0.3 is 30.0 Å². The molecule has 0 bridgehead atoms. The van der Waals surface area contributed by atoms with Crippen LogP contribution >= 0.6 is 0 Å². The van der Waals surface area contributed by atoms with Crippen molar-refractivity contribution in [1.29, 1.82) is 0 Å². The summed E-state index contributed by atoms with van der Waals surface area (Å²) in [6, 6.07) is 29.3.